The summed E-state index contributed by atoms with van der Waals surface area (Å²) in [5.41, 5.74) is -1.64. The second-order valence-corrected chi connectivity index (χ2v) is 4.64. The lowest BCUT2D eigenvalue weighted by Gasteiger charge is -2.34. The summed E-state index contributed by atoms with van der Waals surface area (Å²) < 4.78 is 4.94. The second-order valence-electron chi connectivity index (χ2n) is 4.64. The van der Waals surface area contributed by atoms with Crippen molar-refractivity contribution in [3.05, 3.63) is 53.1 Å². The van der Waals surface area contributed by atoms with Crippen LogP contribution in [0, 0.1) is 22.7 Å². The fourth-order valence-corrected chi connectivity index (χ4v) is 2.42. The molecular formula is C16H12N2O4. The lowest BCUT2D eigenvalue weighted by Crippen LogP contribution is -2.52. The number of aliphatic carboxylic acids is 1. The molecule has 0 radical (unpaired) electrons. The maximum Gasteiger partial charge on any atom is 0.343 e. The van der Waals surface area contributed by atoms with Gasteiger partial charge in [-0.1, -0.05) is 30.3 Å². The van der Waals surface area contributed by atoms with Crippen molar-refractivity contribution in [2.45, 2.75) is 11.7 Å². The van der Waals surface area contributed by atoms with Gasteiger partial charge in [-0.3, -0.25) is 0 Å². The monoisotopic (exact) mass is 296 g/mol. The number of hydrogen-bond acceptors (Lipinski definition) is 5. The number of ether oxygens (including phenoxy) is 1. The van der Waals surface area contributed by atoms with E-state index in [4.69, 9.17) is 4.74 Å². The van der Waals surface area contributed by atoms with Gasteiger partial charge in [-0.25, -0.2) is 4.79 Å². The number of hydrogen-bond donors (Lipinski definition) is 2. The highest BCUT2D eigenvalue weighted by Crippen LogP contribution is 2.39. The molecule has 0 amide bonds. The van der Waals surface area contributed by atoms with Crippen LogP contribution in [0.5, 0.6) is 0 Å². The van der Waals surface area contributed by atoms with Gasteiger partial charge >= 0.3 is 5.97 Å². The minimum Gasteiger partial charge on any atom is -0.479 e. The summed E-state index contributed by atoms with van der Waals surface area (Å²) in [4.78, 5) is 11.5. The molecule has 0 aliphatic heterocycles. The number of aliphatic hydroxyl groups is 1. The zero-order valence-corrected chi connectivity index (χ0v) is 11.6. The number of allylic oxidation sites excluding steroid dienone is 2. The molecule has 1 aromatic rings. The first-order valence-corrected chi connectivity index (χ1v) is 6.31. The number of carboxylic acid groups (broad SMARTS) is 1. The molecule has 6 nitrogen and oxygen atoms in total. The molecule has 1 aliphatic rings. The van der Waals surface area contributed by atoms with Gasteiger partial charge in [0.2, 0.25) is 5.60 Å². The topological polar surface area (TPSA) is 114 Å². The summed E-state index contributed by atoms with van der Waals surface area (Å²) in [6, 6.07) is 12.2. The molecule has 1 aromatic carbocycles. The van der Waals surface area contributed by atoms with Crippen molar-refractivity contribution in [3.8, 4) is 12.1 Å². The molecule has 2 atom stereocenters. The summed E-state index contributed by atoms with van der Waals surface area (Å²) in [6.45, 7) is 0. The Morgan fingerprint density at radius 1 is 1.27 bits per heavy atom. The van der Waals surface area contributed by atoms with E-state index in [0.29, 0.717) is 5.56 Å². The number of benzene rings is 1. The van der Waals surface area contributed by atoms with Gasteiger partial charge in [0.25, 0.3) is 0 Å². The molecule has 2 N–H and O–H groups in total. The van der Waals surface area contributed by atoms with Gasteiger partial charge in [0.1, 0.15) is 6.10 Å². The molecule has 22 heavy (non-hydrogen) atoms. The molecular weight excluding hydrogens is 284 g/mol. The van der Waals surface area contributed by atoms with Gasteiger partial charge in [-0.05, 0) is 11.6 Å². The van der Waals surface area contributed by atoms with Crippen molar-refractivity contribution in [3.63, 3.8) is 0 Å². The first-order valence-electron chi connectivity index (χ1n) is 6.31. The number of nitriles is 2. The Hall–Kier alpha value is -2.93. The minimum absolute atomic E-state index is 0.0303. The van der Waals surface area contributed by atoms with Crippen LogP contribution in [0.3, 0.4) is 0 Å². The normalized spacial score (nSPS) is 24.2. The smallest absolute Gasteiger partial charge is 0.343 e. The Morgan fingerprint density at radius 2 is 1.91 bits per heavy atom. The van der Waals surface area contributed by atoms with Crippen LogP contribution < -0.4 is 0 Å². The summed E-state index contributed by atoms with van der Waals surface area (Å²) >= 11 is 0. The highest BCUT2D eigenvalue weighted by atomic mass is 16.5. The van der Waals surface area contributed by atoms with E-state index in [9.17, 15) is 25.5 Å². The standard InChI is InChI=1S/C16H12N2O4/c1-22-16(15(20)21)7-11(8-17)13(12(9-18)14(16)19)10-5-3-2-4-6-10/h2-7,14,19H,1H3,(H,20,21). The van der Waals surface area contributed by atoms with Crippen LogP contribution in [0.15, 0.2) is 47.6 Å². The first kappa shape index (κ1) is 15.5. The second kappa shape index (κ2) is 5.82. The third kappa shape index (κ3) is 2.17. The number of carbonyl (C=O) groups is 1. The van der Waals surface area contributed by atoms with Gasteiger partial charge < -0.3 is 14.9 Å². The summed E-state index contributed by atoms with van der Waals surface area (Å²) in [5.74, 6) is -1.48. The predicted molar refractivity (Wildman–Crippen MR) is 76.1 cm³/mol. The van der Waals surface area contributed by atoms with E-state index >= 15 is 0 Å². The fourth-order valence-electron chi connectivity index (χ4n) is 2.42. The maximum absolute atomic E-state index is 11.5. The van der Waals surface area contributed by atoms with E-state index < -0.39 is 17.7 Å². The van der Waals surface area contributed by atoms with E-state index in [0.717, 1.165) is 13.2 Å². The van der Waals surface area contributed by atoms with Crippen LogP contribution in [0.25, 0.3) is 5.57 Å². The molecule has 0 spiro atoms. The molecule has 0 saturated carbocycles. The van der Waals surface area contributed by atoms with Crippen molar-refractivity contribution < 1.29 is 19.7 Å². The zero-order valence-electron chi connectivity index (χ0n) is 11.6. The third-order valence-corrected chi connectivity index (χ3v) is 3.55. The van der Waals surface area contributed by atoms with Gasteiger partial charge in [-0.2, -0.15) is 10.5 Å². The SMILES string of the molecule is COC1(C(=O)O)C=C(C#N)C(c2ccccc2)=C(C#N)C1O. The Bertz CT molecular complexity index is 753. The van der Waals surface area contributed by atoms with E-state index in [1.807, 2.05) is 6.07 Å². The average Bonchev–Trinajstić information content (AvgIpc) is 2.55. The van der Waals surface area contributed by atoms with Gasteiger partial charge in [0, 0.05) is 12.7 Å². The van der Waals surface area contributed by atoms with Crippen molar-refractivity contribution in [1.82, 2.24) is 0 Å². The zero-order chi connectivity index (χ0) is 16.3. The summed E-state index contributed by atoms with van der Waals surface area (Å²) in [7, 11) is 1.10. The van der Waals surface area contributed by atoms with Gasteiger partial charge in [-0.15, -0.1) is 0 Å². The van der Waals surface area contributed by atoms with Gasteiger partial charge in [0.05, 0.1) is 23.3 Å². The molecule has 0 fully saturated rings. The van der Waals surface area contributed by atoms with E-state index in [1.165, 1.54) is 0 Å². The number of aliphatic hydroxyl groups excluding tert-OH is 1. The van der Waals surface area contributed by atoms with Crippen molar-refractivity contribution in [2.24, 2.45) is 0 Å². The largest absolute Gasteiger partial charge is 0.479 e. The van der Waals surface area contributed by atoms with Gasteiger partial charge in [0.15, 0.2) is 0 Å². The van der Waals surface area contributed by atoms with Crippen LogP contribution in [0.1, 0.15) is 5.56 Å². The summed E-state index contributed by atoms with van der Waals surface area (Å²) in [6.07, 6.45) is -0.671. The number of rotatable bonds is 3. The lowest BCUT2D eigenvalue weighted by molar-refractivity contribution is -0.165. The van der Waals surface area contributed by atoms with Crippen LogP contribution >= 0.6 is 0 Å². The third-order valence-electron chi connectivity index (χ3n) is 3.55. The van der Waals surface area contributed by atoms with Crippen LogP contribution in [0.4, 0.5) is 0 Å². The van der Waals surface area contributed by atoms with Crippen molar-refractivity contribution in [1.29, 1.82) is 10.5 Å². The van der Waals surface area contributed by atoms with Crippen LogP contribution in [-0.2, 0) is 9.53 Å². The molecule has 2 rings (SSSR count). The van der Waals surface area contributed by atoms with Crippen LogP contribution in [-0.4, -0.2) is 35.0 Å². The highest BCUT2D eigenvalue weighted by molar-refractivity contribution is 5.94. The predicted octanol–water partition coefficient (Wildman–Crippen LogP) is 1.26. The number of methoxy groups -OCH3 is 1. The highest BCUT2D eigenvalue weighted by Gasteiger charge is 2.50. The van der Waals surface area contributed by atoms with E-state index in [-0.39, 0.29) is 16.7 Å². The Balaban J connectivity index is 2.77. The van der Waals surface area contributed by atoms with Crippen LogP contribution in [0.2, 0.25) is 0 Å². The molecule has 0 aromatic heterocycles. The maximum atomic E-state index is 11.5. The molecule has 2 unspecified atom stereocenters. The summed E-state index contributed by atoms with van der Waals surface area (Å²) in [5, 5.41) is 38.4. The average molecular weight is 296 g/mol. The molecule has 0 heterocycles. The fraction of sp³-hybridized carbons (Fsp3) is 0.188. The Labute approximate surface area is 126 Å². The van der Waals surface area contributed by atoms with E-state index in [1.54, 1.807) is 36.4 Å². The molecule has 1 aliphatic carbocycles. The van der Waals surface area contributed by atoms with E-state index in [2.05, 4.69) is 0 Å². The molecule has 6 heteroatoms. The first-order chi connectivity index (χ1) is 10.5. The Morgan fingerprint density at radius 3 is 2.36 bits per heavy atom. The Kier molecular flexibility index (Phi) is 4.09. The molecule has 110 valence electrons. The quantitative estimate of drug-likeness (QED) is 0.867. The molecule has 0 saturated heterocycles. The lowest BCUT2D eigenvalue weighted by atomic mass is 9.77. The number of nitrogens with zero attached hydrogens (tertiary/aromatic N) is 2. The minimum atomic E-state index is -2.16. The van der Waals surface area contributed by atoms with Crippen molar-refractivity contribution >= 4 is 11.5 Å². The number of carboxylic acids is 1. The molecule has 0 bridgehead atoms. The van der Waals surface area contributed by atoms with Crippen molar-refractivity contribution in [2.75, 3.05) is 7.11 Å².